The summed E-state index contributed by atoms with van der Waals surface area (Å²) in [5.74, 6) is -2.50. The van der Waals surface area contributed by atoms with Crippen LogP contribution in [-0.2, 0) is 6.18 Å². The molecule has 0 amide bonds. The van der Waals surface area contributed by atoms with Crippen LogP contribution >= 0.6 is 0 Å². The van der Waals surface area contributed by atoms with Crippen molar-refractivity contribution in [3.8, 4) is 23.3 Å². The Hall–Kier alpha value is -3.57. The van der Waals surface area contributed by atoms with Gasteiger partial charge < -0.3 is 24.4 Å². The third-order valence-electron chi connectivity index (χ3n) is 3.39. The molecule has 2 N–H and O–H groups in total. The maximum atomic E-state index is 12.8. The number of fused-ring (bicyclic) bond motifs is 1. The van der Waals surface area contributed by atoms with Crippen molar-refractivity contribution in [3.63, 3.8) is 0 Å². The van der Waals surface area contributed by atoms with Crippen LogP contribution in [0, 0.1) is 0 Å². The van der Waals surface area contributed by atoms with Crippen LogP contribution in [-0.4, -0.2) is 38.6 Å². The van der Waals surface area contributed by atoms with Crippen molar-refractivity contribution >= 4 is 5.97 Å². The second kappa shape index (κ2) is 8.43. The number of aromatic carboxylic acids is 1. The first-order chi connectivity index (χ1) is 13.8. The molecule has 0 bridgehead atoms. The van der Waals surface area contributed by atoms with Gasteiger partial charge in [0.15, 0.2) is 5.56 Å². The molecule has 2 aromatic rings. The maximum Gasteiger partial charge on any atom is 0.416 e. The number of aromatic nitrogens is 2. The number of rotatable bonds is 3. The van der Waals surface area contributed by atoms with Crippen molar-refractivity contribution in [2.75, 3.05) is 6.61 Å². The van der Waals surface area contributed by atoms with E-state index in [1.54, 1.807) is 13.8 Å². The highest BCUT2D eigenvalue weighted by Crippen LogP contribution is 2.40. The molecule has 3 rings (SSSR count). The van der Waals surface area contributed by atoms with Gasteiger partial charge in [0.1, 0.15) is 18.0 Å². The Balaban J connectivity index is 0.000000735. The van der Waals surface area contributed by atoms with Crippen LogP contribution in [0.2, 0.25) is 0 Å². The number of halogens is 4. The predicted octanol–water partition coefficient (Wildman–Crippen LogP) is 4.52. The summed E-state index contributed by atoms with van der Waals surface area (Å²) in [7, 11) is 0. The molecule has 0 radical (unpaired) electrons. The molecule has 0 fully saturated rings. The summed E-state index contributed by atoms with van der Waals surface area (Å²) in [5.41, 5.74) is -2.16. The van der Waals surface area contributed by atoms with E-state index in [4.69, 9.17) is 19.3 Å². The van der Waals surface area contributed by atoms with E-state index in [2.05, 4.69) is 16.8 Å². The summed E-state index contributed by atoms with van der Waals surface area (Å²) in [4.78, 5) is 11.6. The molecule has 0 spiro atoms. The normalized spacial score (nSPS) is 14.2. The number of aliphatic hydroxyl groups excluding tert-OH is 1. The highest BCUT2D eigenvalue weighted by atomic mass is 19.4. The lowest BCUT2D eigenvalue weighted by molar-refractivity contribution is -0.137. The van der Waals surface area contributed by atoms with Gasteiger partial charge in [0.05, 0.1) is 5.56 Å². The van der Waals surface area contributed by atoms with E-state index in [-0.39, 0.29) is 24.0 Å². The number of ether oxygens (including phenoxy) is 3. The van der Waals surface area contributed by atoms with Crippen LogP contribution in [0.3, 0.4) is 0 Å². The van der Waals surface area contributed by atoms with E-state index in [1.807, 2.05) is 0 Å². The predicted molar refractivity (Wildman–Crippen MR) is 93.6 cm³/mol. The topological polar surface area (TPSA) is 111 Å². The number of carbonyl (C=O) groups is 1. The van der Waals surface area contributed by atoms with E-state index in [0.29, 0.717) is 0 Å². The zero-order valence-corrected chi connectivity index (χ0v) is 15.7. The first-order valence-corrected chi connectivity index (χ1v) is 8.14. The lowest BCUT2D eigenvalue weighted by Gasteiger charge is -2.31. The minimum Gasteiger partial charge on any atom is -0.487 e. The van der Waals surface area contributed by atoms with E-state index in [9.17, 15) is 27.5 Å². The van der Waals surface area contributed by atoms with Crippen LogP contribution < -0.4 is 14.2 Å². The second-order valence-electron chi connectivity index (χ2n) is 6.47. The summed E-state index contributed by atoms with van der Waals surface area (Å²) in [5, 5.41) is 24.0. The summed E-state index contributed by atoms with van der Waals surface area (Å²) in [6, 6.07) is 2.63. The quantitative estimate of drug-likeness (QED) is 0.538. The van der Waals surface area contributed by atoms with Gasteiger partial charge in [-0.15, -0.1) is 10.2 Å². The van der Waals surface area contributed by atoms with Crippen LogP contribution in [0.25, 0.3) is 0 Å². The zero-order valence-electron chi connectivity index (χ0n) is 15.7. The number of alkyl halides is 3. The third-order valence-corrected chi connectivity index (χ3v) is 3.39. The molecular weight excluding hydrogens is 416 g/mol. The van der Waals surface area contributed by atoms with Crippen LogP contribution in [0.1, 0.15) is 29.8 Å². The van der Waals surface area contributed by atoms with Gasteiger partial charge in [0.2, 0.25) is 5.75 Å². The van der Waals surface area contributed by atoms with Gasteiger partial charge in [-0.05, 0) is 38.6 Å². The highest BCUT2D eigenvalue weighted by molar-refractivity contribution is 5.94. The van der Waals surface area contributed by atoms with Crippen molar-refractivity contribution in [2.45, 2.75) is 25.6 Å². The van der Waals surface area contributed by atoms with E-state index in [0.717, 1.165) is 18.2 Å². The molecule has 0 unspecified atom stereocenters. The van der Waals surface area contributed by atoms with Crippen molar-refractivity contribution in [3.05, 3.63) is 48.0 Å². The average Bonchev–Trinajstić information content (AvgIpc) is 2.60. The van der Waals surface area contributed by atoms with Gasteiger partial charge in [-0.1, -0.05) is 6.07 Å². The van der Waals surface area contributed by atoms with E-state index >= 15 is 0 Å². The molecule has 30 heavy (non-hydrogen) atoms. The Labute approximate surface area is 167 Å². The molecule has 0 atom stereocenters. The van der Waals surface area contributed by atoms with Gasteiger partial charge in [-0.3, -0.25) is 0 Å². The Bertz CT molecular complexity index is 958. The third kappa shape index (κ3) is 5.72. The molecule has 162 valence electrons. The molecule has 0 aliphatic carbocycles. The molecule has 2 heterocycles. The standard InChI is InChI=1S/C16H13F3N2O5.C2H3FO/c1-15(2)7-24-11-10(14(22)23)12(20-21-13(11)26-15)25-9-5-3-4-8(6-9)16(17,18)19;1-2(3)4/h3-6H,7H2,1-2H3,(H,22,23);4H,1H2. The molecular formula is C18H16F4N2O6. The van der Waals surface area contributed by atoms with Crippen molar-refractivity contribution in [1.82, 2.24) is 10.2 Å². The van der Waals surface area contributed by atoms with Crippen molar-refractivity contribution < 1.29 is 46.8 Å². The van der Waals surface area contributed by atoms with E-state index < -0.39 is 40.8 Å². The first kappa shape index (κ1) is 22.7. The zero-order chi connectivity index (χ0) is 22.7. The van der Waals surface area contributed by atoms with Gasteiger partial charge in [-0.2, -0.15) is 17.6 Å². The van der Waals surface area contributed by atoms with Gasteiger partial charge in [0.25, 0.3) is 17.8 Å². The fraction of sp³-hybridized carbons (Fsp3) is 0.278. The molecule has 1 aliphatic heterocycles. The fourth-order valence-corrected chi connectivity index (χ4v) is 2.24. The van der Waals surface area contributed by atoms with Crippen molar-refractivity contribution in [1.29, 1.82) is 0 Å². The monoisotopic (exact) mass is 432 g/mol. The smallest absolute Gasteiger partial charge is 0.416 e. The van der Waals surface area contributed by atoms with Gasteiger partial charge in [-0.25, -0.2) is 4.79 Å². The molecule has 0 saturated carbocycles. The lowest BCUT2D eigenvalue weighted by Crippen LogP contribution is -2.39. The SMILES string of the molecule is C=C(O)F.CC1(C)COc2c(nnc(Oc3cccc(C(F)(F)F)c3)c2C(=O)O)O1. The van der Waals surface area contributed by atoms with Crippen LogP contribution in [0.5, 0.6) is 23.3 Å². The van der Waals surface area contributed by atoms with E-state index in [1.165, 1.54) is 6.07 Å². The number of benzene rings is 1. The molecule has 8 nitrogen and oxygen atoms in total. The lowest BCUT2D eigenvalue weighted by atomic mass is 10.1. The Morgan fingerprint density at radius 3 is 2.47 bits per heavy atom. The molecule has 1 aromatic carbocycles. The largest absolute Gasteiger partial charge is 0.487 e. The van der Waals surface area contributed by atoms with Crippen molar-refractivity contribution in [2.24, 2.45) is 0 Å². The summed E-state index contributed by atoms with van der Waals surface area (Å²) < 4.78 is 64.9. The summed E-state index contributed by atoms with van der Waals surface area (Å²) in [6.07, 6.45) is -4.57. The number of carboxylic acid groups (broad SMARTS) is 1. The molecule has 1 aromatic heterocycles. The summed E-state index contributed by atoms with van der Waals surface area (Å²) >= 11 is 0. The second-order valence-corrected chi connectivity index (χ2v) is 6.47. The molecule has 12 heteroatoms. The number of hydrogen-bond acceptors (Lipinski definition) is 7. The van der Waals surface area contributed by atoms with Gasteiger partial charge in [0, 0.05) is 0 Å². The van der Waals surface area contributed by atoms with Gasteiger partial charge >= 0.3 is 12.1 Å². The minimum absolute atomic E-state index is 0.0506. The average molecular weight is 432 g/mol. The van der Waals surface area contributed by atoms with Crippen LogP contribution in [0.15, 0.2) is 36.9 Å². The number of hydrogen-bond donors (Lipinski definition) is 2. The minimum atomic E-state index is -4.57. The highest BCUT2D eigenvalue weighted by Gasteiger charge is 2.36. The summed E-state index contributed by atoms with van der Waals surface area (Å²) in [6.45, 7) is 5.92. The Morgan fingerprint density at radius 1 is 1.27 bits per heavy atom. The Kier molecular flexibility index (Phi) is 6.38. The Morgan fingerprint density at radius 2 is 1.90 bits per heavy atom. The first-order valence-electron chi connectivity index (χ1n) is 8.14. The van der Waals surface area contributed by atoms with Crippen LogP contribution in [0.4, 0.5) is 17.6 Å². The maximum absolute atomic E-state index is 12.8. The number of aliphatic hydroxyl groups is 1. The number of nitrogens with zero attached hydrogens (tertiary/aromatic N) is 2. The fourth-order valence-electron chi connectivity index (χ4n) is 2.24. The number of carboxylic acids is 1. The molecule has 1 aliphatic rings. The molecule has 0 saturated heterocycles.